The van der Waals surface area contributed by atoms with E-state index in [9.17, 15) is 4.39 Å². The maximum Gasteiger partial charge on any atom is 0.137 e. The molecule has 0 saturated heterocycles. The van der Waals surface area contributed by atoms with Crippen LogP contribution in [0.4, 0.5) is 4.39 Å². The number of hydrogen-bond donors (Lipinski definition) is 1. The summed E-state index contributed by atoms with van der Waals surface area (Å²) < 4.78 is 14.0. The predicted molar refractivity (Wildman–Crippen MR) is 80.6 cm³/mol. The van der Waals surface area contributed by atoms with Gasteiger partial charge in [0.25, 0.3) is 0 Å². The Labute approximate surface area is 121 Å². The van der Waals surface area contributed by atoms with Crippen molar-refractivity contribution < 1.29 is 4.39 Å². The third kappa shape index (κ3) is 3.43. The number of aryl methyl sites for hydroxylation is 2. The summed E-state index contributed by atoms with van der Waals surface area (Å²) in [6, 6.07) is 11.1. The minimum absolute atomic E-state index is 0.216. The Hall–Kier alpha value is -1.19. The Morgan fingerprint density at radius 3 is 2.42 bits per heavy atom. The summed E-state index contributed by atoms with van der Waals surface area (Å²) in [7, 11) is 0. The fourth-order valence-corrected chi connectivity index (χ4v) is 2.92. The molecular weight excluding hydrogens is 305 g/mol. The van der Waals surface area contributed by atoms with Gasteiger partial charge in [-0.1, -0.05) is 41.5 Å². The van der Waals surface area contributed by atoms with E-state index in [1.165, 1.54) is 22.8 Å². The first-order valence-corrected chi connectivity index (χ1v) is 7.03. The second-order valence-electron chi connectivity index (χ2n) is 4.95. The van der Waals surface area contributed by atoms with Crippen molar-refractivity contribution >= 4 is 15.9 Å². The van der Waals surface area contributed by atoms with Crippen LogP contribution in [-0.2, 0) is 6.42 Å². The molecule has 0 aliphatic heterocycles. The molecule has 0 bridgehead atoms. The van der Waals surface area contributed by atoms with Gasteiger partial charge in [-0.25, -0.2) is 4.39 Å². The van der Waals surface area contributed by atoms with E-state index < -0.39 is 0 Å². The lowest BCUT2D eigenvalue weighted by Gasteiger charge is -2.15. The molecule has 0 fully saturated rings. The molecule has 0 saturated carbocycles. The number of hydrogen-bond acceptors (Lipinski definition) is 1. The molecule has 0 aromatic heterocycles. The molecule has 0 amide bonds. The van der Waals surface area contributed by atoms with Crippen LogP contribution >= 0.6 is 15.9 Å². The molecule has 1 nitrogen and oxygen atoms in total. The smallest absolute Gasteiger partial charge is 0.137 e. The zero-order valence-electron chi connectivity index (χ0n) is 11.1. The largest absolute Gasteiger partial charge is 0.324 e. The maximum absolute atomic E-state index is 13.5. The quantitative estimate of drug-likeness (QED) is 0.888. The van der Waals surface area contributed by atoms with E-state index >= 15 is 0 Å². The molecule has 0 aliphatic carbocycles. The molecule has 2 aromatic carbocycles. The molecule has 0 spiro atoms. The normalized spacial score (nSPS) is 12.5. The zero-order chi connectivity index (χ0) is 14.0. The number of rotatable bonds is 3. The van der Waals surface area contributed by atoms with Gasteiger partial charge in [0.2, 0.25) is 0 Å². The summed E-state index contributed by atoms with van der Waals surface area (Å²) in [5.74, 6) is -0.270. The molecule has 3 heteroatoms. The number of benzene rings is 2. The lowest BCUT2D eigenvalue weighted by Crippen LogP contribution is -2.14. The fourth-order valence-electron chi connectivity index (χ4n) is 2.36. The summed E-state index contributed by atoms with van der Waals surface area (Å²) in [5, 5.41) is 0. The lowest BCUT2D eigenvalue weighted by molar-refractivity contribution is 0.610. The first kappa shape index (κ1) is 14.2. The summed E-state index contributed by atoms with van der Waals surface area (Å²) in [6.45, 7) is 4.14. The molecule has 2 rings (SSSR count). The van der Waals surface area contributed by atoms with Gasteiger partial charge in [-0.05, 0) is 53.4 Å². The van der Waals surface area contributed by atoms with Crippen LogP contribution in [0.2, 0.25) is 0 Å². The van der Waals surface area contributed by atoms with Gasteiger partial charge in [0.15, 0.2) is 0 Å². The van der Waals surface area contributed by atoms with E-state index in [0.717, 1.165) is 5.56 Å². The van der Waals surface area contributed by atoms with E-state index in [1.807, 2.05) is 6.07 Å². The highest BCUT2D eigenvalue weighted by molar-refractivity contribution is 9.10. The van der Waals surface area contributed by atoms with Crippen LogP contribution in [0.15, 0.2) is 40.9 Å². The van der Waals surface area contributed by atoms with E-state index in [4.69, 9.17) is 5.73 Å². The van der Waals surface area contributed by atoms with Crippen molar-refractivity contribution in [1.29, 1.82) is 0 Å². The van der Waals surface area contributed by atoms with Crippen molar-refractivity contribution in [2.24, 2.45) is 5.73 Å². The predicted octanol–water partition coefficient (Wildman–Crippen LogP) is 4.45. The molecule has 2 N–H and O–H groups in total. The van der Waals surface area contributed by atoms with Gasteiger partial charge in [0.1, 0.15) is 5.82 Å². The molecule has 1 unspecified atom stereocenters. The van der Waals surface area contributed by atoms with Crippen LogP contribution in [-0.4, -0.2) is 0 Å². The summed E-state index contributed by atoms with van der Waals surface area (Å²) in [6.07, 6.45) is 0.699. The third-order valence-electron chi connectivity index (χ3n) is 3.12. The molecule has 100 valence electrons. The average Bonchev–Trinajstić information content (AvgIpc) is 2.31. The lowest BCUT2D eigenvalue weighted by atomic mass is 9.97. The Balaban J connectivity index is 2.25. The van der Waals surface area contributed by atoms with Crippen molar-refractivity contribution in [3.05, 3.63) is 68.9 Å². The molecule has 2 aromatic rings. The van der Waals surface area contributed by atoms with Gasteiger partial charge >= 0.3 is 0 Å². The summed E-state index contributed by atoms with van der Waals surface area (Å²) >= 11 is 3.27. The van der Waals surface area contributed by atoms with E-state index in [1.54, 1.807) is 6.07 Å². The van der Waals surface area contributed by atoms with Gasteiger partial charge in [-0.3, -0.25) is 0 Å². The highest BCUT2D eigenvalue weighted by Gasteiger charge is 2.13. The Kier molecular flexibility index (Phi) is 4.38. The van der Waals surface area contributed by atoms with Crippen molar-refractivity contribution in [3.63, 3.8) is 0 Å². The maximum atomic E-state index is 13.5. The van der Waals surface area contributed by atoms with Crippen LogP contribution in [0.3, 0.4) is 0 Å². The highest BCUT2D eigenvalue weighted by Crippen LogP contribution is 2.27. The minimum Gasteiger partial charge on any atom is -0.324 e. The number of nitrogens with two attached hydrogens (primary N) is 1. The molecule has 19 heavy (non-hydrogen) atoms. The monoisotopic (exact) mass is 321 g/mol. The van der Waals surface area contributed by atoms with Crippen LogP contribution < -0.4 is 5.73 Å². The van der Waals surface area contributed by atoms with Gasteiger partial charge in [-0.2, -0.15) is 0 Å². The Morgan fingerprint density at radius 2 is 1.79 bits per heavy atom. The Bertz CT molecular complexity index is 575. The number of halogens is 2. The second-order valence-corrected chi connectivity index (χ2v) is 5.74. The molecule has 0 radical (unpaired) electrons. The van der Waals surface area contributed by atoms with Crippen molar-refractivity contribution in [1.82, 2.24) is 0 Å². The highest BCUT2D eigenvalue weighted by atomic mass is 79.9. The van der Waals surface area contributed by atoms with Gasteiger partial charge < -0.3 is 5.73 Å². The van der Waals surface area contributed by atoms with Gasteiger partial charge in [-0.15, -0.1) is 0 Å². The summed E-state index contributed by atoms with van der Waals surface area (Å²) in [4.78, 5) is 0. The van der Waals surface area contributed by atoms with Crippen molar-refractivity contribution in [2.75, 3.05) is 0 Å². The SMILES string of the molecule is Cc1cc(C)cc(CC(N)c2cccc(F)c2Br)c1. The second kappa shape index (κ2) is 5.85. The zero-order valence-corrected chi connectivity index (χ0v) is 12.7. The van der Waals surface area contributed by atoms with E-state index in [0.29, 0.717) is 10.9 Å². The Morgan fingerprint density at radius 1 is 1.16 bits per heavy atom. The van der Waals surface area contributed by atoms with Crippen molar-refractivity contribution in [2.45, 2.75) is 26.3 Å². The molecule has 1 atom stereocenters. The molecule has 0 aliphatic rings. The minimum atomic E-state index is -0.270. The van der Waals surface area contributed by atoms with Gasteiger partial charge in [0.05, 0.1) is 4.47 Å². The van der Waals surface area contributed by atoms with E-state index in [2.05, 4.69) is 48.0 Å². The fraction of sp³-hybridized carbons (Fsp3) is 0.250. The van der Waals surface area contributed by atoms with Crippen molar-refractivity contribution in [3.8, 4) is 0 Å². The van der Waals surface area contributed by atoms with E-state index in [-0.39, 0.29) is 11.9 Å². The average molecular weight is 322 g/mol. The van der Waals surface area contributed by atoms with Crippen LogP contribution in [0, 0.1) is 19.7 Å². The van der Waals surface area contributed by atoms with Gasteiger partial charge in [0, 0.05) is 6.04 Å². The third-order valence-corrected chi connectivity index (χ3v) is 3.95. The molecule has 0 heterocycles. The first-order chi connectivity index (χ1) is 8.97. The standard InChI is InChI=1S/C16H17BrFN/c1-10-6-11(2)8-12(7-10)9-15(19)13-4-3-5-14(18)16(13)17/h3-8,15H,9,19H2,1-2H3. The van der Waals surface area contributed by atoms with Crippen LogP contribution in [0.25, 0.3) is 0 Å². The van der Waals surface area contributed by atoms with Crippen LogP contribution in [0.1, 0.15) is 28.3 Å². The van der Waals surface area contributed by atoms with Crippen LogP contribution in [0.5, 0.6) is 0 Å². The molecular formula is C16H17BrFN. The first-order valence-electron chi connectivity index (χ1n) is 6.24. The summed E-state index contributed by atoms with van der Waals surface area (Å²) in [5.41, 5.74) is 10.6. The topological polar surface area (TPSA) is 26.0 Å².